The van der Waals surface area contributed by atoms with E-state index in [0.717, 1.165) is 36.2 Å². The Balaban J connectivity index is 0.00000355. The van der Waals surface area contributed by atoms with Gasteiger partial charge in [-0.05, 0) is 12.1 Å². The Labute approximate surface area is 294 Å². The summed E-state index contributed by atoms with van der Waals surface area (Å²) in [7, 11) is -2.72. The van der Waals surface area contributed by atoms with Crippen LogP contribution in [0.2, 0.25) is 0 Å². The Morgan fingerprint density at radius 3 is 1.73 bits per heavy atom. The monoisotopic (exact) mass is 655 g/mol. The van der Waals surface area contributed by atoms with Crippen LogP contribution in [0.15, 0.2) is 24.3 Å². The van der Waals surface area contributed by atoms with Crippen molar-refractivity contribution < 1.29 is 114 Å². The maximum absolute atomic E-state index is 14.9. The minimum atomic E-state index is -2.37. The Kier molecular flexibility index (Phi) is 19.4. The van der Waals surface area contributed by atoms with E-state index in [9.17, 15) is 52.0 Å². The molecule has 1 aliphatic rings. The molecule has 0 saturated carbocycles. The van der Waals surface area contributed by atoms with Crippen molar-refractivity contribution in [3.05, 3.63) is 65.6 Å². The first-order valence-corrected chi connectivity index (χ1v) is 12.6. The number of hydrogen-bond donors (Lipinski definition) is 7. The molecule has 19 heteroatoms. The number of nitrogens with one attached hydrogen (secondary N) is 1. The van der Waals surface area contributed by atoms with Gasteiger partial charge in [0.15, 0.2) is 0 Å². The van der Waals surface area contributed by atoms with Crippen LogP contribution in [-0.2, 0) is 4.79 Å². The molecule has 0 spiro atoms. The third-order valence-corrected chi connectivity index (χ3v) is 6.18. The standard InChI is InChI=1S/C23H24B2F4N3O7.2CH4O.K/c1-2-3-8-30-21(33)16-11-31(22(34)17-14(26)6-4-12(19(17)28)24(36)37)9-10-32(16)23(35)18-15(27)7-5-13(20(18)29)25(38)39;2*1-2;/h4-7,16,36-39H,1-3,8-11H2,(H,30,33);2*2H,1H3;/q-1;;;+1. The van der Waals surface area contributed by atoms with Crippen LogP contribution in [-0.4, -0.2) is 119 Å². The molecule has 12 nitrogen and oxygen atoms in total. The van der Waals surface area contributed by atoms with Crippen LogP contribution in [0, 0.1) is 30.2 Å². The van der Waals surface area contributed by atoms with Gasteiger partial charge in [0.05, 0.1) is 6.54 Å². The summed E-state index contributed by atoms with van der Waals surface area (Å²) < 4.78 is 58.7. The zero-order valence-corrected chi connectivity index (χ0v) is 27.4. The number of piperazine rings is 1. The van der Waals surface area contributed by atoms with Crippen LogP contribution in [0.4, 0.5) is 17.6 Å². The van der Waals surface area contributed by atoms with Crippen LogP contribution >= 0.6 is 0 Å². The zero-order chi connectivity index (χ0) is 33.0. The molecule has 3 rings (SSSR count). The van der Waals surface area contributed by atoms with Crippen molar-refractivity contribution in [2.45, 2.75) is 18.9 Å². The van der Waals surface area contributed by atoms with Crippen LogP contribution in [0.1, 0.15) is 33.6 Å². The number of amides is 3. The molecule has 0 radical (unpaired) electrons. The molecule has 2 aromatic carbocycles. The van der Waals surface area contributed by atoms with E-state index in [1.54, 1.807) is 0 Å². The first-order valence-electron chi connectivity index (χ1n) is 12.6. The minimum Gasteiger partial charge on any atom is -0.423 e. The molecule has 0 bridgehead atoms. The number of rotatable bonds is 8. The van der Waals surface area contributed by atoms with Gasteiger partial charge in [0, 0.05) is 44.8 Å². The molecule has 1 aliphatic heterocycles. The maximum Gasteiger partial charge on any atom is 1.00 e. The largest absolute Gasteiger partial charge is 1.00 e. The molecule has 2 aromatic rings. The number of aliphatic hydroxyl groups is 2. The molecule has 236 valence electrons. The number of unbranched alkanes of at least 4 members (excludes halogenated alkanes) is 1. The molecule has 1 unspecified atom stereocenters. The molecule has 1 heterocycles. The van der Waals surface area contributed by atoms with E-state index < -0.39 is 103 Å². The van der Waals surface area contributed by atoms with Gasteiger partial charge in [-0.15, -0.1) is 0 Å². The maximum atomic E-state index is 14.9. The Morgan fingerprint density at radius 2 is 1.30 bits per heavy atom. The minimum absolute atomic E-state index is 0. The van der Waals surface area contributed by atoms with Gasteiger partial charge in [0.25, 0.3) is 11.8 Å². The van der Waals surface area contributed by atoms with Crippen LogP contribution in [0.3, 0.4) is 0 Å². The normalized spacial score (nSPS) is 13.8. The van der Waals surface area contributed by atoms with Crippen molar-refractivity contribution in [1.82, 2.24) is 15.1 Å². The second-order valence-corrected chi connectivity index (χ2v) is 8.66. The van der Waals surface area contributed by atoms with Gasteiger partial charge < -0.3 is 52.3 Å². The predicted molar refractivity (Wildman–Crippen MR) is 147 cm³/mol. The number of benzene rings is 2. The summed E-state index contributed by atoms with van der Waals surface area (Å²) in [6.45, 7) is 2.15. The van der Waals surface area contributed by atoms with Crippen molar-refractivity contribution in [1.29, 1.82) is 0 Å². The summed E-state index contributed by atoms with van der Waals surface area (Å²) in [4.78, 5) is 40.9. The smallest absolute Gasteiger partial charge is 0.423 e. The number of hydrogen-bond acceptors (Lipinski definition) is 9. The average molecular weight is 655 g/mol. The van der Waals surface area contributed by atoms with Gasteiger partial charge >= 0.3 is 65.6 Å². The zero-order valence-electron chi connectivity index (χ0n) is 24.3. The molecule has 44 heavy (non-hydrogen) atoms. The molecular weight excluding hydrogens is 623 g/mol. The average Bonchev–Trinajstić information content (AvgIpc) is 2.98. The van der Waals surface area contributed by atoms with Gasteiger partial charge in [-0.25, -0.2) is 17.6 Å². The van der Waals surface area contributed by atoms with E-state index in [0.29, 0.717) is 25.0 Å². The third kappa shape index (κ3) is 10.0. The van der Waals surface area contributed by atoms with Gasteiger partial charge in [0.1, 0.15) is 40.4 Å². The molecule has 0 aliphatic carbocycles. The predicted octanol–water partition coefficient (Wildman–Crippen LogP) is -5.48. The van der Waals surface area contributed by atoms with E-state index >= 15 is 0 Å². The van der Waals surface area contributed by atoms with Gasteiger partial charge in [-0.1, -0.05) is 18.6 Å². The van der Waals surface area contributed by atoms with E-state index in [1.807, 2.05) is 0 Å². The fourth-order valence-electron chi connectivity index (χ4n) is 4.12. The molecule has 7 N–H and O–H groups in total. The second-order valence-electron chi connectivity index (χ2n) is 8.66. The molecule has 1 atom stereocenters. The van der Waals surface area contributed by atoms with Crippen molar-refractivity contribution >= 4 is 42.9 Å². The number of aliphatic hydroxyl groups excluding tert-OH is 2. The Bertz CT molecular complexity index is 1280. The van der Waals surface area contributed by atoms with Gasteiger partial charge in [-0.3, -0.25) is 14.4 Å². The SMILES string of the molecule is CO.CO.[CH2-]CCCNC(=O)C1CN(C(=O)c2c(F)ccc(B(O)O)c2F)CCN1C(=O)c1c(F)ccc(B(O)O)c1F.[K+]. The van der Waals surface area contributed by atoms with E-state index in [4.69, 9.17) is 10.2 Å². The molecule has 1 fully saturated rings. The van der Waals surface area contributed by atoms with E-state index in [-0.39, 0.29) is 57.9 Å². The number of nitrogens with zero attached hydrogens (tertiary/aromatic N) is 2. The van der Waals surface area contributed by atoms with Crippen LogP contribution in [0.5, 0.6) is 0 Å². The summed E-state index contributed by atoms with van der Waals surface area (Å²) in [5.41, 5.74) is -3.86. The first-order chi connectivity index (χ1) is 20.4. The number of carbonyl (C=O) groups is 3. The van der Waals surface area contributed by atoms with Crippen molar-refractivity contribution in [2.24, 2.45) is 0 Å². The summed E-state index contributed by atoms with van der Waals surface area (Å²) in [6.07, 6.45) is 0.873. The quantitative estimate of drug-likeness (QED) is 0.0630. The summed E-state index contributed by atoms with van der Waals surface area (Å²) in [5.74, 6) is -9.20. The molecule has 0 aromatic heterocycles. The van der Waals surface area contributed by atoms with E-state index in [2.05, 4.69) is 12.2 Å². The summed E-state index contributed by atoms with van der Waals surface area (Å²) >= 11 is 0. The third-order valence-electron chi connectivity index (χ3n) is 6.18. The molecular formula is C25H32B2F4KN3O9. The molecule has 3 amide bonds. The fourth-order valence-corrected chi connectivity index (χ4v) is 4.12. The van der Waals surface area contributed by atoms with Crippen molar-refractivity contribution in [3.63, 3.8) is 0 Å². The summed E-state index contributed by atoms with van der Waals surface area (Å²) in [5, 5.41) is 53.8. The number of carbonyl (C=O) groups excluding carboxylic acids is 3. The topological polar surface area (TPSA) is 191 Å². The second kappa shape index (κ2) is 20.3. The Morgan fingerprint density at radius 1 is 0.841 bits per heavy atom. The van der Waals surface area contributed by atoms with Crippen molar-refractivity contribution in [2.75, 3.05) is 40.4 Å². The number of halogens is 4. The van der Waals surface area contributed by atoms with Crippen LogP contribution in [0.25, 0.3) is 0 Å². The molecule has 1 saturated heterocycles. The van der Waals surface area contributed by atoms with Crippen LogP contribution < -0.4 is 67.6 Å². The van der Waals surface area contributed by atoms with Crippen molar-refractivity contribution in [3.8, 4) is 0 Å². The van der Waals surface area contributed by atoms with Gasteiger partial charge in [0.2, 0.25) is 5.91 Å². The Hall–Kier alpha value is -1.90. The van der Waals surface area contributed by atoms with E-state index in [1.165, 1.54) is 0 Å². The van der Waals surface area contributed by atoms with Gasteiger partial charge in [-0.2, -0.15) is 6.42 Å². The summed E-state index contributed by atoms with van der Waals surface area (Å²) in [6, 6.07) is 1.19. The fraction of sp³-hybridized carbons (Fsp3) is 0.360. The first kappa shape index (κ1) is 42.1.